The van der Waals surface area contributed by atoms with Crippen LogP contribution < -0.4 is 10.2 Å². The van der Waals surface area contributed by atoms with Gasteiger partial charge in [-0.25, -0.2) is 0 Å². The first-order chi connectivity index (χ1) is 6.39. The van der Waals surface area contributed by atoms with Crippen LogP contribution in [0.25, 0.3) is 0 Å². The maximum absolute atomic E-state index is 12.1. The third-order valence-electron chi connectivity index (χ3n) is 1.30. The zero-order valence-corrected chi connectivity index (χ0v) is 8.18. The Hall–Kier alpha value is -0.740. The molecule has 0 aliphatic carbocycles. The molecular weight excluding hydrogens is 346 g/mol. The molecule has 0 aliphatic heterocycles. The van der Waals surface area contributed by atoms with Gasteiger partial charge in [0, 0.05) is 0 Å². The van der Waals surface area contributed by atoms with Gasteiger partial charge in [0.15, 0.2) is 0 Å². The van der Waals surface area contributed by atoms with Crippen LogP contribution in [0.3, 0.4) is 0 Å². The molecular formula is C5AgF6O4. The molecule has 0 amide bonds. The van der Waals surface area contributed by atoms with E-state index in [0.717, 1.165) is 0 Å². The maximum Gasteiger partial charge on any atom is 2.00 e. The van der Waals surface area contributed by atoms with Crippen molar-refractivity contribution in [1.29, 1.82) is 0 Å². The molecule has 1 radical (unpaired) electrons. The number of alkyl halides is 6. The quantitative estimate of drug-likeness (QED) is 0.453. The standard InChI is InChI=1S/C5H2F6O4.Ag/c6-3(7,1(12)13)5(10,11)4(8,9)2(14)15;/h(H,12,13)(H,14,15);/q;+2/p-2. The molecule has 0 aromatic carbocycles. The zero-order chi connectivity index (χ0) is 12.7. The van der Waals surface area contributed by atoms with Crippen LogP contribution in [0.4, 0.5) is 26.3 Å². The second-order valence-corrected chi connectivity index (χ2v) is 2.30. The van der Waals surface area contributed by atoms with Crippen molar-refractivity contribution in [3.8, 4) is 0 Å². The van der Waals surface area contributed by atoms with Crippen molar-refractivity contribution in [2.75, 3.05) is 0 Å². The maximum atomic E-state index is 12.1. The number of hydrogen-bond acceptors (Lipinski definition) is 4. The minimum absolute atomic E-state index is 0. The monoisotopic (exact) mass is 345 g/mol. The van der Waals surface area contributed by atoms with Crippen molar-refractivity contribution >= 4 is 11.9 Å². The van der Waals surface area contributed by atoms with Crippen LogP contribution in [0.5, 0.6) is 0 Å². The van der Waals surface area contributed by atoms with Gasteiger partial charge in [0.05, 0.1) is 0 Å². The van der Waals surface area contributed by atoms with Gasteiger partial charge in [-0.05, 0) is 0 Å². The zero-order valence-electron chi connectivity index (χ0n) is 6.70. The average molecular weight is 346 g/mol. The van der Waals surface area contributed by atoms with Gasteiger partial charge in [0.1, 0.15) is 11.9 Å². The molecule has 0 unspecified atom stereocenters. The number of carbonyl (C=O) groups excluding carboxylic acids is 2. The summed E-state index contributed by atoms with van der Waals surface area (Å²) in [6.07, 6.45) is 0. The molecule has 0 rings (SSSR count). The molecule has 0 aromatic rings. The first kappa shape index (κ1) is 17.6. The number of halogens is 6. The molecule has 16 heavy (non-hydrogen) atoms. The molecule has 0 saturated heterocycles. The summed E-state index contributed by atoms with van der Waals surface area (Å²) in [5.41, 5.74) is 0. The van der Waals surface area contributed by atoms with Crippen LogP contribution in [0, 0.1) is 0 Å². The van der Waals surface area contributed by atoms with E-state index in [1.54, 1.807) is 0 Å². The average Bonchev–Trinajstić information content (AvgIpc) is 2.02. The molecule has 0 spiro atoms. The Labute approximate surface area is 98.7 Å². The summed E-state index contributed by atoms with van der Waals surface area (Å²) >= 11 is 0. The van der Waals surface area contributed by atoms with Gasteiger partial charge in [-0.2, -0.15) is 26.3 Å². The minimum atomic E-state index is -6.66. The van der Waals surface area contributed by atoms with Gasteiger partial charge in [-0.1, -0.05) is 0 Å². The second kappa shape index (κ2) is 4.63. The smallest absolute Gasteiger partial charge is 0.544 e. The topological polar surface area (TPSA) is 80.3 Å². The number of rotatable bonds is 4. The number of hydrogen-bond donors (Lipinski definition) is 0. The molecule has 97 valence electrons. The van der Waals surface area contributed by atoms with Crippen molar-refractivity contribution in [2.45, 2.75) is 17.8 Å². The Balaban J connectivity index is 0. The first-order valence-electron chi connectivity index (χ1n) is 2.95. The predicted octanol–water partition coefficient (Wildman–Crippen LogP) is -1.61. The van der Waals surface area contributed by atoms with Gasteiger partial charge >= 0.3 is 40.1 Å². The normalized spacial score (nSPS) is 12.9. The summed E-state index contributed by atoms with van der Waals surface area (Å²) in [6, 6.07) is 0. The molecule has 11 heteroatoms. The van der Waals surface area contributed by atoms with Crippen molar-refractivity contribution < 1.29 is 68.5 Å². The largest absolute Gasteiger partial charge is 2.00 e. The third kappa shape index (κ3) is 2.33. The van der Waals surface area contributed by atoms with Gasteiger partial charge in [-0.3, -0.25) is 0 Å². The first-order valence-corrected chi connectivity index (χ1v) is 2.95. The Kier molecular flexibility index (Phi) is 5.11. The van der Waals surface area contributed by atoms with Crippen LogP contribution in [0.1, 0.15) is 0 Å². The SMILES string of the molecule is O=C([O-])C(F)(F)C(F)(F)C(F)(F)C(=O)[O-].[Ag+2]. The van der Waals surface area contributed by atoms with Crippen LogP contribution in [0.15, 0.2) is 0 Å². The molecule has 0 fully saturated rings. The number of carboxylic acid groups (broad SMARTS) is 2. The molecule has 0 bridgehead atoms. The van der Waals surface area contributed by atoms with Crippen LogP contribution in [0.2, 0.25) is 0 Å². The number of aliphatic carboxylic acids is 2. The fourth-order valence-electron chi connectivity index (χ4n) is 0.454. The van der Waals surface area contributed by atoms with E-state index in [9.17, 15) is 46.1 Å². The summed E-state index contributed by atoms with van der Waals surface area (Å²) in [6.45, 7) is 0. The van der Waals surface area contributed by atoms with E-state index in [4.69, 9.17) is 0 Å². The Morgan fingerprint density at radius 1 is 0.750 bits per heavy atom. The van der Waals surface area contributed by atoms with E-state index in [2.05, 4.69) is 0 Å². The van der Waals surface area contributed by atoms with Gasteiger partial charge in [-0.15, -0.1) is 0 Å². The fraction of sp³-hybridized carbons (Fsp3) is 0.600. The van der Waals surface area contributed by atoms with Gasteiger partial charge in [0.2, 0.25) is 0 Å². The van der Waals surface area contributed by atoms with Crippen molar-refractivity contribution in [1.82, 2.24) is 0 Å². The molecule has 0 aliphatic rings. The molecule has 0 N–H and O–H groups in total. The summed E-state index contributed by atoms with van der Waals surface area (Å²) < 4.78 is 72.3. The molecule has 0 atom stereocenters. The van der Waals surface area contributed by atoms with E-state index in [1.165, 1.54) is 0 Å². The van der Waals surface area contributed by atoms with Gasteiger partial charge < -0.3 is 19.8 Å². The number of carboxylic acids is 2. The van der Waals surface area contributed by atoms with Crippen molar-refractivity contribution in [2.24, 2.45) is 0 Å². The second-order valence-electron chi connectivity index (χ2n) is 2.30. The molecule has 0 aromatic heterocycles. The summed E-state index contributed by atoms with van der Waals surface area (Å²) in [5.74, 6) is -27.0. The van der Waals surface area contributed by atoms with Crippen LogP contribution in [-0.4, -0.2) is 29.7 Å². The Morgan fingerprint density at radius 2 is 0.938 bits per heavy atom. The summed E-state index contributed by atoms with van der Waals surface area (Å²) in [4.78, 5) is 18.9. The molecule has 0 heterocycles. The summed E-state index contributed by atoms with van der Waals surface area (Å²) in [7, 11) is 0. The molecule has 4 nitrogen and oxygen atoms in total. The van der Waals surface area contributed by atoms with Crippen LogP contribution in [-0.2, 0) is 32.0 Å². The minimum Gasteiger partial charge on any atom is -0.544 e. The van der Waals surface area contributed by atoms with Gasteiger partial charge in [0.25, 0.3) is 0 Å². The Morgan fingerprint density at radius 3 is 1.06 bits per heavy atom. The van der Waals surface area contributed by atoms with E-state index in [1.807, 2.05) is 0 Å². The predicted molar refractivity (Wildman–Crippen MR) is 24.9 cm³/mol. The van der Waals surface area contributed by atoms with E-state index in [-0.39, 0.29) is 22.4 Å². The Bertz CT molecular complexity index is 275. The van der Waals surface area contributed by atoms with E-state index >= 15 is 0 Å². The summed E-state index contributed by atoms with van der Waals surface area (Å²) in [5, 5.41) is 18.9. The fourth-order valence-corrected chi connectivity index (χ4v) is 0.454. The van der Waals surface area contributed by atoms with Crippen molar-refractivity contribution in [3.63, 3.8) is 0 Å². The van der Waals surface area contributed by atoms with E-state index in [0.29, 0.717) is 0 Å². The van der Waals surface area contributed by atoms with Crippen LogP contribution >= 0.6 is 0 Å². The third-order valence-corrected chi connectivity index (χ3v) is 1.30. The molecule has 0 saturated carbocycles. The van der Waals surface area contributed by atoms with Crippen molar-refractivity contribution in [3.05, 3.63) is 0 Å². The number of carbonyl (C=O) groups is 2. The van der Waals surface area contributed by atoms with E-state index < -0.39 is 29.7 Å².